The first-order valence-corrected chi connectivity index (χ1v) is 12.4. The summed E-state index contributed by atoms with van der Waals surface area (Å²) in [5.74, 6) is 0.846. The summed E-state index contributed by atoms with van der Waals surface area (Å²) in [6, 6.07) is 10.7. The van der Waals surface area contributed by atoms with Gasteiger partial charge >= 0.3 is 0 Å². The quantitative estimate of drug-likeness (QED) is 0.342. The zero-order valence-corrected chi connectivity index (χ0v) is 20.4. The van der Waals surface area contributed by atoms with Crippen LogP contribution >= 0.6 is 0 Å². The van der Waals surface area contributed by atoms with Gasteiger partial charge < -0.3 is 5.32 Å². The first-order chi connectivity index (χ1) is 16.1. The zero-order chi connectivity index (χ0) is 23.5. The van der Waals surface area contributed by atoms with Crippen LogP contribution in [0.3, 0.4) is 0 Å². The van der Waals surface area contributed by atoms with Crippen LogP contribution in [0, 0.1) is 11.8 Å². The molecule has 0 spiro atoms. The van der Waals surface area contributed by atoms with Crippen LogP contribution in [0.15, 0.2) is 126 Å². The molecule has 1 aromatic rings. The van der Waals surface area contributed by atoms with Gasteiger partial charge in [-0.3, -0.25) is 0 Å². The Hall–Kier alpha value is -3.06. The largest absolute Gasteiger partial charge is 0.359 e. The third-order valence-corrected chi connectivity index (χ3v) is 6.31. The fraction of sp³-hybridized carbons (Fsp3) is 0.312. The lowest BCUT2D eigenvalue weighted by atomic mass is 9.80. The first kappa shape index (κ1) is 24.6. The molecule has 0 radical (unpaired) electrons. The number of allylic oxidation sites excluding steroid dienone is 13. The first-order valence-electron chi connectivity index (χ1n) is 12.4. The molecular weight excluding hydrogens is 398 g/mol. The Labute approximate surface area is 201 Å². The Balaban J connectivity index is 1.84. The van der Waals surface area contributed by atoms with Gasteiger partial charge in [0.05, 0.1) is 0 Å². The van der Waals surface area contributed by atoms with Gasteiger partial charge in [-0.25, -0.2) is 0 Å². The molecule has 2 atom stereocenters. The van der Waals surface area contributed by atoms with Gasteiger partial charge in [0.15, 0.2) is 0 Å². The predicted molar refractivity (Wildman–Crippen MR) is 145 cm³/mol. The molecule has 0 fully saturated rings. The molecule has 3 rings (SSSR count). The maximum Gasteiger partial charge on any atom is 0.0338 e. The summed E-state index contributed by atoms with van der Waals surface area (Å²) in [6.45, 7) is 12.7. The number of nitrogens with one attached hydrogen (secondary N) is 1. The van der Waals surface area contributed by atoms with Crippen LogP contribution in [0.5, 0.6) is 0 Å². The minimum atomic E-state index is 0.417. The standard InChI is InChI=1S/C32H39N/c1-5-8-17-27(6-2)31-21-20-30(24-32(31)28-18-13-10-14-19-28)33-29(7-3)23-25(4)22-26-15-11-9-12-16-26/h6-7,9-18,23-25,28,33H,2-3,5,8,19-22H2,1,4H3/b27-17+,29-23+/t25-,28?/m0/s1. The Morgan fingerprint density at radius 2 is 1.94 bits per heavy atom. The van der Waals surface area contributed by atoms with Gasteiger partial charge in [0.25, 0.3) is 0 Å². The number of hydrogen-bond donors (Lipinski definition) is 1. The highest BCUT2D eigenvalue weighted by atomic mass is 14.9. The second-order valence-electron chi connectivity index (χ2n) is 9.03. The molecule has 0 heterocycles. The molecule has 1 unspecified atom stereocenters. The van der Waals surface area contributed by atoms with E-state index in [0.717, 1.165) is 44.2 Å². The fourth-order valence-corrected chi connectivity index (χ4v) is 4.63. The van der Waals surface area contributed by atoms with Gasteiger partial charge in [0.2, 0.25) is 0 Å². The monoisotopic (exact) mass is 437 g/mol. The SMILES string of the molecule is C=C/C(=C\[C@@H](C)Cc1ccccc1)NC1=CC(C2C=CC=CC2)=C(/C(C=C)=C/CCC)CC1. The molecule has 0 saturated carbocycles. The number of unbranched alkanes of at least 4 members (excludes halogenated alkanes) is 1. The van der Waals surface area contributed by atoms with Crippen molar-refractivity contribution in [2.45, 2.75) is 52.4 Å². The molecule has 2 aliphatic carbocycles. The summed E-state index contributed by atoms with van der Waals surface area (Å²) in [4.78, 5) is 0. The van der Waals surface area contributed by atoms with Crippen molar-refractivity contribution in [3.05, 3.63) is 132 Å². The van der Waals surface area contributed by atoms with Gasteiger partial charge in [0, 0.05) is 17.3 Å². The third-order valence-electron chi connectivity index (χ3n) is 6.31. The molecule has 0 aliphatic heterocycles. The van der Waals surface area contributed by atoms with E-state index in [0.29, 0.717) is 11.8 Å². The minimum absolute atomic E-state index is 0.417. The van der Waals surface area contributed by atoms with E-state index in [1.54, 1.807) is 0 Å². The fourth-order valence-electron chi connectivity index (χ4n) is 4.63. The van der Waals surface area contributed by atoms with E-state index < -0.39 is 0 Å². The molecule has 2 aliphatic rings. The summed E-state index contributed by atoms with van der Waals surface area (Å²) in [6.07, 6.45) is 26.3. The maximum absolute atomic E-state index is 4.12. The van der Waals surface area contributed by atoms with Crippen molar-refractivity contribution in [3.8, 4) is 0 Å². The highest BCUT2D eigenvalue weighted by molar-refractivity contribution is 5.51. The molecule has 0 bridgehead atoms. The highest BCUT2D eigenvalue weighted by Gasteiger charge is 2.21. The number of benzene rings is 1. The van der Waals surface area contributed by atoms with Gasteiger partial charge in [0.1, 0.15) is 0 Å². The summed E-state index contributed by atoms with van der Waals surface area (Å²) in [7, 11) is 0. The van der Waals surface area contributed by atoms with Gasteiger partial charge in [-0.05, 0) is 72.5 Å². The van der Waals surface area contributed by atoms with Crippen LogP contribution in [0.2, 0.25) is 0 Å². The summed E-state index contributed by atoms with van der Waals surface area (Å²) < 4.78 is 0. The van der Waals surface area contributed by atoms with Crippen molar-refractivity contribution < 1.29 is 0 Å². The van der Waals surface area contributed by atoms with E-state index in [-0.39, 0.29) is 0 Å². The van der Waals surface area contributed by atoms with E-state index in [1.807, 2.05) is 12.2 Å². The van der Waals surface area contributed by atoms with Crippen molar-refractivity contribution >= 4 is 0 Å². The van der Waals surface area contributed by atoms with E-state index in [1.165, 1.54) is 28.0 Å². The molecule has 33 heavy (non-hydrogen) atoms. The second kappa shape index (κ2) is 12.8. The van der Waals surface area contributed by atoms with E-state index in [4.69, 9.17) is 0 Å². The van der Waals surface area contributed by atoms with Crippen molar-refractivity contribution in [1.29, 1.82) is 0 Å². The Bertz CT molecular complexity index is 994. The van der Waals surface area contributed by atoms with Crippen molar-refractivity contribution in [2.24, 2.45) is 11.8 Å². The molecule has 1 nitrogen and oxygen atoms in total. The van der Waals surface area contributed by atoms with E-state index >= 15 is 0 Å². The Kier molecular flexibility index (Phi) is 9.57. The van der Waals surface area contributed by atoms with Crippen molar-refractivity contribution in [3.63, 3.8) is 0 Å². The second-order valence-corrected chi connectivity index (χ2v) is 9.03. The molecule has 0 saturated heterocycles. The summed E-state index contributed by atoms with van der Waals surface area (Å²) in [5.41, 5.74) is 7.92. The average molecular weight is 438 g/mol. The topological polar surface area (TPSA) is 12.0 Å². The molecule has 1 heteroatoms. The Morgan fingerprint density at radius 3 is 2.61 bits per heavy atom. The molecule has 1 aromatic carbocycles. The van der Waals surface area contributed by atoms with Gasteiger partial charge in [-0.1, -0.05) is 106 Å². The van der Waals surface area contributed by atoms with Crippen molar-refractivity contribution in [1.82, 2.24) is 5.32 Å². The van der Waals surface area contributed by atoms with Crippen LogP contribution in [0.1, 0.15) is 51.5 Å². The minimum Gasteiger partial charge on any atom is -0.359 e. The summed E-state index contributed by atoms with van der Waals surface area (Å²) >= 11 is 0. The lowest BCUT2D eigenvalue weighted by molar-refractivity contribution is 0.703. The molecule has 0 aromatic heterocycles. The van der Waals surface area contributed by atoms with Crippen LogP contribution in [-0.4, -0.2) is 0 Å². The molecule has 0 amide bonds. The van der Waals surface area contributed by atoms with Gasteiger partial charge in [-0.2, -0.15) is 0 Å². The van der Waals surface area contributed by atoms with Crippen LogP contribution in [0.25, 0.3) is 0 Å². The van der Waals surface area contributed by atoms with Crippen LogP contribution < -0.4 is 5.32 Å². The number of rotatable bonds is 11. The van der Waals surface area contributed by atoms with E-state index in [9.17, 15) is 0 Å². The van der Waals surface area contributed by atoms with E-state index in [2.05, 4.69) is 105 Å². The van der Waals surface area contributed by atoms with Gasteiger partial charge in [-0.15, -0.1) is 0 Å². The lowest BCUT2D eigenvalue weighted by Gasteiger charge is -2.27. The predicted octanol–water partition coefficient (Wildman–Crippen LogP) is 8.54. The normalized spacial score (nSPS) is 19.8. The summed E-state index contributed by atoms with van der Waals surface area (Å²) in [5, 5.41) is 3.69. The van der Waals surface area contributed by atoms with Crippen molar-refractivity contribution in [2.75, 3.05) is 0 Å². The smallest absolute Gasteiger partial charge is 0.0338 e. The van der Waals surface area contributed by atoms with Crippen LogP contribution in [-0.2, 0) is 6.42 Å². The van der Waals surface area contributed by atoms with Crippen LogP contribution in [0.4, 0.5) is 0 Å². The number of hydrogen-bond acceptors (Lipinski definition) is 1. The zero-order valence-electron chi connectivity index (χ0n) is 20.4. The lowest BCUT2D eigenvalue weighted by Crippen LogP contribution is -2.18. The highest BCUT2D eigenvalue weighted by Crippen LogP contribution is 2.36. The Morgan fingerprint density at radius 1 is 1.12 bits per heavy atom. The molecular formula is C32H39N. The maximum atomic E-state index is 4.12. The molecule has 172 valence electrons. The average Bonchev–Trinajstić information content (AvgIpc) is 2.85. The third kappa shape index (κ3) is 7.22. The molecule has 1 N–H and O–H groups in total.